The summed E-state index contributed by atoms with van der Waals surface area (Å²) in [6.07, 6.45) is 3.45. The zero-order valence-corrected chi connectivity index (χ0v) is 7.75. The fourth-order valence-corrected chi connectivity index (χ4v) is 1.58. The van der Waals surface area contributed by atoms with Crippen LogP contribution in [0.3, 0.4) is 0 Å². The summed E-state index contributed by atoms with van der Waals surface area (Å²) in [4.78, 5) is 4.10. The van der Waals surface area contributed by atoms with Crippen LogP contribution in [0.1, 0.15) is 0 Å². The number of hydrogen-bond acceptors (Lipinski definition) is 6. The van der Waals surface area contributed by atoms with Crippen LogP contribution in [0, 0.1) is 0 Å². The van der Waals surface area contributed by atoms with Gasteiger partial charge in [0.1, 0.15) is 0 Å². The first-order valence-corrected chi connectivity index (χ1v) is 4.75. The Bertz CT molecular complexity index is 450. The van der Waals surface area contributed by atoms with Crippen molar-refractivity contribution in [2.75, 3.05) is 17.7 Å². The first kappa shape index (κ1) is 8.11. The summed E-state index contributed by atoms with van der Waals surface area (Å²) in [6.45, 7) is 0. The molecule has 0 aromatic carbocycles. The number of aromatic nitrogens is 4. The number of nitrogen functional groups attached to an aromatic ring is 2. The van der Waals surface area contributed by atoms with Gasteiger partial charge < -0.3 is 11.5 Å². The van der Waals surface area contributed by atoms with E-state index in [1.807, 2.05) is 6.26 Å². The largest absolute Gasteiger partial charge is 0.394 e. The van der Waals surface area contributed by atoms with Gasteiger partial charge in [0.25, 0.3) is 0 Å². The zero-order chi connectivity index (χ0) is 9.42. The first-order valence-electron chi connectivity index (χ1n) is 3.53. The number of thioether (sulfide) groups is 1. The summed E-state index contributed by atoms with van der Waals surface area (Å²) in [5, 5.41) is 8.29. The second kappa shape index (κ2) is 2.77. The third-order valence-corrected chi connectivity index (χ3v) is 2.29. The molecule has 6 nitrogen and oxygen atoms in total. The SMILES string of the molecule is CSc1ncc(N)c2nnc(N)n12. The predicted molar refractivity (Wildman–Crippen MR) is 51.4 cm³/mol. The van der Waals surface area contributed by atoms with Crippen LogP contribution in [0.25, 0.3) is 5.65 Å². The van der Waals surface area contributed by atoms with E-state index in [0.717, 1.165) is 5.16 Å². The highest BCUT2D eigenvalue weighted by atomic mass is 32.2. The van der Waals surface area contributed by atoms with Gasteiger partial charge in [0.15, 0.2) is 10.8 Å². The topological polar surface area (TPSA) is 95.1 Å². The van der Waals surface area contributed by atoms with E-state index in [1.165, 1.54) is 11.8 Å². The van der Waals surface area contributed by atoms with E-state index >= 15 is 0 Å². The third kappa shape index (κ3) is 1.08. The van der Waals surface area contributed by atoms with Gasteiger partial charge in [-0.15, -0.1) is 10.2 Å². The molecule has 7 heteroatoms. The highest BCUT2D eigenvalue weighted by molar-refractivity contribution is 7.98. The van der Waals surface area contributed by atoms with Crippen molar-refractivity contribution in [3.05, 3.63) is 6.20 Å². The van der Waals surface area contributed by atoms with Crippen molar-refractivity contribution in [1.29, 1.82) is 0 Å². The third-order valence-electron chi connectivity index (χ3n) is 1.63. The lowest BCUT2D eigenvalue weighted by molar-refractivity contribution is 0.913. The van der Waals surface area contributed by atoms with Crippen molar-refractivity contribution in [2.45, 2.75) is 5.16 Å². The molecule has 0 unspecified atom stereocenters. The lowest BCUT2D eigenvalue weighted by atomic mass is 10.5. The van der Waals surface area contributed by atoms with Gasteiger partial charge in [-0.3, -0.25) is 0 Å². The van der Waals surface area contributed by atoms with Crippen molar-refractivity contribution < 1.29 is 0 Å². The van der Waals surface area contributed by atoms with E-state index in [9.17, 15) is 0 Å². The van der Waals surface area contributed by atoms with Gasteiger partial charge in [0.05, 0.1) is 11.9 Å². The minimum absolute atomic E-state index is 0.305. The lowest BCUT2D eigenvalue weighted by Gasteiger charge is -2.02. The summed E-state index contributed by atoms with van der Waals surface area (Å²) >= 11 is 1.46. The molecule has 68 valence electrons. The predicted octanol–water partition coefficient (Wildman–Crippen LogP) is 0.0106. The average molecular weight is 196 g/mol. The van der Waals surface area contributed by atoms with Gasteiger partial charge in [0, 0.05) is 0 Å². The summed E-state index contributed by atoms with van der Waals surface area (Å²) in [6, 6.07) is 0. The van der Waals surface area contributed by atoms with Gasteiger partial charge in [0.2, 0.25) is 5.95 Å². The quantitative estimate of drug-likeness (QED) is 0.493. The van der Waals surface area contributed by atoms with Gasteiger partial charge in [-0.2, -0.15) is 0 Å². The average Bonchev–Trinajstić information content (AvgIpc) is 2.51. The van der Waals surface area contributed by atoms with E-state index < -0.39 is 0 Å². The van der Waals surface area contributed by atoms with Crippen LogP contribution >= 0.6 is 11.8 Å². The Balaban J connectivity index is 2.88. The zero-order valence-electron chi connectivity index (χ0n) is 6.93. The summed E-state index contributed by atoms with van der Waals surface area (Å²) in [5.74, 6) is 0.305. The normalized spacial score (nSPS) is 10.8. The van der Waals surface area contributed by atoms with Crippen molar-refractivity contribution >= 4 is 29.0 Å². The Kier molecular flexibility index (Phi) is 1.73. The Labute approximate surface area is 78.3 Å². The van der Waals surface area contributed by atoms with Crippen LogP contribution in [-0.4, -0.2) is 25.8 Å². The number of fused-ring (bicyclic) bond motifs is 1. The maximum Gasteiger partial charge on any atom is 0.228 e. The monoisotopic (exact) mass is 196 g/mol. The number of anilines is 2. The van der Waals surface area contributed by atoms with E-state index in [4.69, 9.17) is 11.5 Å². The highest BCUT2D eigenvalue weighted by Gasteiger charge is 2.09. The number of nitrogens with zero attached hydrogens (tertiary/aromatic N) is 4. The Morgan fingerprint density at radius 2 is 2.15 bits per heavy atom. The van der Waals surface area contributed by atoms with E-state index in [1.54, 1.807) is 10.6 Å². The second-order valence-electron chi connectivity index (χ2n) is 2.42. The molecule has 0 amide bonds. The number of hydrogen-bond donors (Lipinski definition) is 2. The minimum Gasteiger partial charge on any atom is -0.394 e. The van der Waals surface area contributed by atoms with E-state index in [2.05, 4.69) is 15.2 Å². The summed E-state index contributed by atoms with van der Waals surface area (Å²) in [5.41, 5.74) is 12.3. The van der Waals surface area contributed by atoms with E-state index in [-0.39, 0.29) is 0 Å². The number of nitrogens with two attached hydrogens (primary N) is 2. The van der Waals surface area contributed by atoms with Crippen LogP contribution in [0.4, 0.5) is 11.6 Å². The summed E-state index contributed by atoms with van der Waals surface area (Å²) < 4.78 is 1.62. The van der Waals surface area contributed by atoms with Gasteiger partial charge in [-0.05, 0) is 6.26 Å². The molecule has 0 saturated carbocycles. The molecular weight excluding hydrogens is 188 g/mol. The maximum atomic E-state index is 5.64. The molecule has 2 rings (SSSR count). The van der Waals surface area contributed by atoms with Crippen LogP contribution in [0.15, 0.2) is 11.4 Å². The standard InChI is InChI=1S/C6H8N6S/c1-13-6-9-2-3(7)4-10-11-5(8)12(4)6/h2H,7H2,1H3,(H2,8,11). The molecule has 0 bridgehead atoms. The maximum absolute atomic E-state index is 5.64. The Hall–Kier alpha value is -1.50. The second-order valence-corrected chi connectivity index (χ2v) is 3.19. The first-order chi connectivity index (χ1) is 6.24. The molecule has 0 atom stereocenters. The molecular formula is C6H8N6S. The molecule has 13 heavy (non-hydrogen) atoms. The lowest BCUT2D eigenvalue weighted by Crippen LogP contribution is -2.01. The fraction of sp³-hybridized carbons (Fsp3) is 0.167. The molecule has 0 saturated heterocycles. The molecule has 0 spiro atoms. The van der Waals surface area contributed by atoms with Crippen LogP contribution < -0.4 is 11.5 Å². The van der Waals surface area contributed by atoms with Crippen molar-refractivity contribution in [3.63, 3.8) is 0 Å². The molecule has 2 aromatic rings. The van der Waals surface area contributed by atoms with Crippen molar-refractivity contribution in [2.24, 2.45) is 0 Å². The fourth-order valence-electron chi connectivity index (χ4n) is 1.06. The van der Waals surface area contributed by atoms with Crippen molar-refractivity contribution in [3.8, 4) is 0 Å². The van der Waals surface area contributed by atoms with Gasteiger partial charge in [-0.25, -0.2) is 9.38 Å². The molecule has 4 N–H and O–H groups in total. The molecule has 0 aliphatic carbocycles. The highest BCUT2D eigenvalue weighted by Crippen LogP contribution is 2.19. The minimum atomic E-state index is 0.305. The van der Waals surface area contributed by atoms with Crippen LogP contribution in [0.2, 0.25) is 0 Å². The molecule has 0 radical (unpaired) electrons. The molecule has 0 fully saturated rings. The number of rotatable bonds is 1. The molecule has 2 heterocycles. The molecule has 0 aliphatic heterocycles. The van der Waals surface area contributed by atoms with Crippen LogP contribution in [-0.2, 0) is 0 Å². The Morgan fingerprint density at radius 3 is 2.85 bits per heavy atom. The van der Waals surface area contributed by atoms with Crippen molar-refractivity contribution in [1.82, 2.24) is 19.6 Å². The Morgan fingerprint density at radius 1 is 1.38 bits per heavy atom. The van der Waals surface area contributed by atoms with Crippen LogP contribution in [0.5, 0.6) is 0 Å². The summed E-state index contributed by atoms with van der Waals surface area (Å²) in [7, 11) is 0. The van der Waals surface area contributed by atoms with Gasteiger partial charge >= 0.3 is 0 Å². The van der Waals surface area contributed by atoms with Gasteiger partial charge in [-0.1, -0.05) is 11.8 Å². The van der Waals surface area contributed by atoms with E-state index in [0.29, 0.717) is 17.3 Å². The molecule has 2 aromatic heterocycles. The molecule has 0 aliphatic rings. The smallest absolute Gasteiger partial charge is 0.228 e.